The highest BCUT2D eigenvalue weighted by atomic mass is 19.1. The standard InChI is InChI=1S/C16H11FN2O3/c17-12-4-1-10(2-5-12)15(20)8-22-16(21)11-3-6-13-14(7-11)19-9-18-13/h1-7,9H,8H2,(H,18,19). The van der Waals surface area contributed by atoms with Crippen LogP contribution in [0, 0.1) is 5.82 Å². The Hall–Kier alpha value is -3.02. The van der Waals surface area contributed by atoms with E-state index in [4.69, 9.17) is 4.74 Å². The van der Waals surface area contributed by atoms with Crippen molar-refractivity contribution in [3.63, 3.8) is 0 Å². The van der Waals surface area contributed by atoms with Crippen LogP contribution < -0.4 is 0 Å². The molecule has 1 N–H and O–H groups in total. The van der Waals surface area contributed by atoms with Crippen LogP contribution in [0.1, 0.15) is 20.7 Å². The minimum Gasteiger partial charge on any atom is -0.454 e. The largest absolute Gasteiger partial charge is 0.454 e. The fourth-order valence-corrected chi connectivity index (χ4v) is 2.00. The van der Waals surface area contributed by atoms with E-state index >= 15 is 0 Å². The van der Waals surface area contributed by atoms with Gasteiger partial charge in [0, 0.05) is 5.56 Å². The Morgan fingerprint density at radius 2 is 1.82 bits per heavy atom. The van der Waals surface area contributed by atoms with E-state index in [-0.39, 0.29) is 0 Å². The van der Waals surface area contributed by atoms with Crippen molar-refractivity contribution in [2.24, 2.45) is 0 Å². The highest BCUT2D eigenvalue weighted by Crippen LogP contribution is 2.13. The van der Waals surface area contributed by atoms with Gasteiger partial charge in [-0.25, -0.2) is 14.2 Å². The van der Waals surface area contributed by atoms with Gasteiger partial charge in [0.15, 0.2) is 12.4 Å². The lowest BCUT2D eigenvalue weighted by Gasteiger charge is -2.04. The van der Waals surface area contributed by atoms with E-state index in [2.05, 4.69) is 9.97 Å². The summed E-state index contributed by atoms with van der Waals surface area (Å²) in [5, 5.41) is 0. The van der Waals surface area contributed by atoms with Gasteiger partial charge < -0.3 is 9.72 Å². The second-order valence-electron chi connectivity index (χ2n) is 4.64. The lowest BCUT2D eigenvalue weighted by Crippen LogP contribution is -2.14. The number of hydrogen-bond donors (Lipinski definition) is 1. The molecule has 0 atom stereocenters. The molecule has 0 aliphatic heterocycles. The summed E-state index contributed by atoms with van der Waals surface area (Å²) < 4.78 is 17.8. The first-order valence-corrected chi connectivity index (χ1v) is 6.52. The molecule has 3 rings (SSSR count). The van der Waals surface area contributed by atoms with Crippen LogP contribution >= 0.6 is 0 Å². The van der Waals surface area contributed by atoms with Crippen LogP contribution in [0.25, 0.3) is 11.0 Å². The third-order valence-electron chi connectivity index (χ3n) is 3.16. The zero-order valence-electron chi connectivity index (χ0n) is 11.4. The van der Waals surface area contributed by atoms with Crippen molar-refractivity contribution in [1.29, 1.82) is 0 Å². The van der Waals surface area contributed by atoms with Crippen molar-refractivity contribution in [3.05, 3.63) is 65.7 Å². The number of ether oxygens (including phenoxy) is 1. The molecule has 110 valence electrons. The lowest BCUT2D eigenvalue weighted by atomic mass is 10.1. The number of carbonyl (C=O) groups is 2. The Morgan fingerprint density at radius 3 is 2.59 bits per heavy atom. The molecular formula is C16H11FN2O3. The van der Waals surface area contributed by atoms with Crippen molar-refractivity contribution >= 4 is 22.8 Å². The van der Waals surface area contributed by atoms with Gasteiger partial charge in [-0.2, -0.15) is 0 Å². The monoisotopic (exact) mass is 298 g/mol. The first-order valence-electron chi connectivity index (χ1n) is 6.52. The molecule has 0 saturated carbocycles. The average molecular weight is 298 g/mol. The van der Waals surface area contributed by atoms with E-state index in [1.165, 1.54) is 30.6 Å². The number of rotatable bonds is 4. The lowest BCUT2D eigenvalue weighted by molar-refractivity contribution is 0.0475. The second kappa shape index (κ2) is 5.77. The Labute approximate surface area is 124 Å². The van der Waals surface area contributed by atoms with Gasteiger partial charge in [-0.05, 0) is 42.5 Å². The van der Waals surface area contributed by atoms with Crippen LogP contribution in [0.5, 0.6) is 0 Å². The van der Waals surface area contributed by atoms with Crippen LogP contribution in [-0.2, 0) is 4.74 Å². The summed E-state index contributed by atoms with van der Waals surface area (Å²) in [6.45, 7) is -0.397. The van der Waals surface area contributed by atoms with E-state index in [0.29, 0.717) is 16.6 Å². The number of ketones is 1. The van der Waals surface area contributed by atoms with Gasteiger partial charge in [0.25, 0.3) is 0 Å². The molecule has 0 radical (unpaired) electrons. The summed E-state index contributed by atoms with van der Waals surface area (Å²) in [7, 11) is 0. The van der Waals surface area contributed by atoms with Gasteiger partial charge in [-0.1, -0.05) is 0 Å². The number of carbonyl (C=O) groups excluding carboxylic acids is 2. The smallest absolute Gasteiger partial charge is 0.338 e. The van der Waals surface area contributed by atoms with Crippen molar-refractivity contribution in [2.45, 2.75) is 0 Å². The van der Waals surface area contributed by atoms with Gasteiger partial charge in [0.1, 0.15) is 5.82 Å². The molecule has 0 fully saturated rings. The summed E-state index contributed by atoms with van der Waals surface area (Å²) >= 11 is 0. The predicted molar refractivity (Wildman–Crippen MR) is 77.1 cm³/mol. The first kappa shape index (κ1) is 13.9. The van der Waals surface area contributed by atoms with Crippen molar-refractivity contribution < 1.29 is 18.7 Å². The summed E-state index contributed by atoms with van der Waals surface area (Å²) in [5.41, 5.74) is 2.06. The maximum Gasteiger partial charge on any atom is 0.338 e. The molecule has 0 spiro atoms. The van der Waals surface area contributed by atoms with E-state index in [1.807, 2.05) is 0 Å². The maximum atomic E-state index is 12.8. The Balaban J connectivity index is 1.66. The normalized spacial score (nSPS) is 10.6. The number of nitrogens with one attached hydrogen (secondary N) is 1. The molecule has 3 aromatic rings. The number of fused-ring (bicyclic) bond motifs is 1. The Kier molecular flexibility index (Phi) is 3.65. The third kappa shape index (κ3) is 2.85. The number of Topliss-reactive ketones (excluding diaryl/α,β-unsaturated/α-hetero) is 1. The quantitative estimate of drug-likeness (QED) is 0.594. The molecular weight excluding hydrogens is 287 g/mol. The number of aromatic amines is 1. The Morgan fingerprint density at radius 1 is 1.09 bits per heavy atom. The maximum absolute atomic E-state index is 12.8. The minimum atomic E-state index is -0.605. The highest BCUT2D eigenvalue weighted by Gasteiger charge is 2.12. The van der Waals surface area contributed by atoms with Gasteiger partial charge in [0.2, 0.25) is 0 Å². The zero-order chi connectivity index (χ0) is 15.5. The van der Waals surface area contributed by atoms with Crippen molar-refractivity contribution in [2.75, 3.05) is 6.61 Å². The van der Waals surface area contributed by atoms with Gasteiger partial charge in [0.05, 0.1) is 22.9 Å². The molecule has 0 saturated heterocycles. The van der Waals surface area contributed by atoms with Gasteiger partial charge >= 0.3 is 5.97 Å². The predicted octanol–water partition coefficient (Wildman–Crippen LogP) is 2.74. The molecule has 0 amide bonds. The Bertz CT molecular complexity index is 840. The van der Waals surface area contributed by atoms with Gasteiger partial charge in [-0.3, -0.25) is 4.79 Å². The molecule has 0 bridgehead atoms. The van der Waals surface area contributed by atoms with Crippen LogP contribution in [0.4, 0.5) is 4.39 Å². The molecule has 2 aromatic carbocycles. The highest BCUT2D eigenvalue weighted by molar-refractivity contribution is 6.00. The topological polar surface area (TPSA) is 72.1 Å². The zero-order valence-corrected chi connectivity index (χ0v) is 11.4. The number of esters is 1. The molecule has 0 aliphatic rings. The van der Waals surface area contributed by atoms with E-state index in [9.17, 15) is 14.0 Å². The minimum absolute atomic E-state index is 0.290. The number of imidazole rings is 1. The summed E-state index contributed by atoms with van der Waals surface area (Å²) in [4.78, 5) is 30.7. The molecule has 22 heavy (non-hydrogen) atoms. The second-order valence-corrected chi connectivity index (χ2v) is 4.64. The van der Waals surface area contributed by atoms with E-state index in [0.717, 1.165) is 5.52 Å². The number of aromatic nitrogens is 2. The average Bonchev–Trinajstić information content (AvgIpc) is 3.00. The summed E-state index contributed by atoms with van der Waals surface area (Å²) in [5.74, 6) is -1.43. The molecule has 0 aliphatic carbocycles. The number of halogens is 1. The molecule has 5 nitrogen and oxygen atoms in total. The van der Waals surface area contributed by atoms with Crippen LogP contribution in [0.15, 0.2) is 48.8 Å². The fourth-order valence-electron chi connectivity index (χ4n) is 2.00. The number of hydrogen-bond acceptors (Lipinski definition) is 4. The van der Waals surface area contributed by atoms with Crippen LogP contribution in [0.3, 0.4) is 0 Å². The van der Waals surface area contributed by atoms with Gasteiger partial charge in [-0.15, -0.1) is 0 Å². The SMILES string of the molecule is O=C(COC(=O)c1ccc2nc[nH]c2c1)c1ccc(F)cc1. The van der Waals surface area contributed by atoms with Crippen molar-refractivity contribution in [3.8, 4) is 0 Å². The fraction of sp³-hybridized carbons (Fsp3) is 0.0625. The number of nitrogens with zero attached hydrogens (tertiary/aromatic N) is 1. The summed E-state index contributed by atoms with van der Waals surface area (Å²) in [6.07, 6.45) is 1.53. The van der Waals surface area contributed by atoms with Crippen molar-refractivity contribution in [1.82, 2.24) is 9.97 Å². The number of H-pyrrole nitrogens is 1. The van der Waals surface area contributed by atoms with E-state index < -0.39 is 24.2 Å². The first-order chi connectivity index (χ1) is 10.6. The van der Waals surface area contributed by atoms with Crippen LogP contribution in [0.2, 0.25) is 0 Å². The van der Waals surface area contributed by atoms with E-state index in [1.54, 1.807) is 18.2 Å². The third-order valence-corrected chi connectivity index (χ3v) is 3.16. The molecule has 1 aromatic heterocycles. The molecule has 0 unspecified atom stereocenters. The summed E-state index contributed by atoms with van der Waals surface area (Å²) in [6, 6.07) is 9.93. The number of benzene rings is 2. The van der Waals surface area contributed by atoms with Crippen LogP contribution in [-0.4, -0.2) is 28.3 Å². The molecule has 1 heterocycles. The molecule has 6 heteroatoms.